The van der Waals surface area contributed by atoms with E-state index in [9.17, 15) is 4.79 Å². The SMILES string of the molecule is C=CCOc1cc(C(=O)O)cc(C)n1. The summed E-state index contributed by atoms with van der Waals surface area (Å²) >= 11 is 0. The molecule has 0 aliphatic carbocycles. The van der Waals surface area contributed by atoms with Gasteiger partial charge in [0.05, 0.1) is 5.56 Å². The summed E-state index contributed by atoms with van der Waals surface area (Å²) in [5.74, 6) is -0.679. The van der Waals surface area contributed by atoms with E-state index in [1.54, 1.807) is 13.0 Å². The van der Waals surface area contributed by atoms with Gasteiger partial charge in [0.25, 0.3) is 0 Å². The van der Waals surface area contributed by atoms with Gasteiger partial charge < -0.3 is 9.84 Å². The van der Waals surface area contributed by atoms with Crippen molar-refractivity contribution in [3.8, 4) is 5.88 Å². The summed E-state index contributed by atoms with van der Waals surface area (Å²) in [5.41, 5.74) is 0.792. The van der Waals surface area contributed by atoms with Crippen LogP contribution in [0.4, 0.5) is 0 Å². The second kappa shape index (κ2) is 4.41. The number of hydrogen-bond donors (Lipinski definition) is 1. The highest BCUT2D eigenvalue weighted by molar-refractivity contribution is 5.87. The van der Waals surface area contributed by atoms with Gasteiger partial charge in [0.2, 0.25) is 5.88 Å². The van der Waals surface area contributed by atoms with Crippen LogP contribution < -0.4 is 4.74 Å². The van der Waals surface area contributed by atoms with E-state index in [1.165, 1.54) is 12.1 Å². The second-order valence-corrected chi connectivity index (χ2v) is 2.74. The first kappa shape index (κ1) is 10.2. The molecule has 0 saturated carbocycles. The van der Waals surface area contributed by atoms with Crippen LogP contribution in [-0.2, 0) is 0 Å². The zero-order chi connectivity index (χ0) is 10.6. The van der Waals surface area contributed by atoms with Gasteiger partial charge >= 0.3 is 5.97 Å². The van der Waals surface area contributed by atoms with Crippen molar-refractivity contribution in [3.05, 3.63) is 36.0 Å². The molecule has 0 bridgehead atoms. The summed E-state index contributed by atoms with van der Waals surface area (Å²) in [6, 6.07) is 2.88. The normalized spacial score (nSPS) is 9.50. The van der Waals surface area contributed by atoms with Gasteiger partial charge in [0.15, 0.2) is 0 Å². The van der Waals surface area contributed by atoms with Crippen molar-refractivity contribution in [2.24, 2.45) is 0 Å². The Hall–Kier alpha value is -1.84. The molecule has 0 amide bonds. The maximum absolute atomic E-state index is 10.7. The van der Waals surface area contributed by atoms with Gasteiger partial charge in [0.1, 0.15) is 6.61 Å². The molecule has 1 N–H and O–H groups in total. The molecule has 0 saturated heterocycles. The number of aromatic carboxylic acids is 1. The molecule has 1 aromatic heterocycles. The van der Waals surface area contributed by atoms with Crippen LogP contribution in [0.5, 0.6) is 5.88 Å². The van der Waals surface area contributed by atoms with Crippen molar-refractivity contribution in [2.45, 2.75) is 6.92 Å². The van der Waals surface area contributed by atoms with Crippen molar-refractivity contribution >= 4 is 5.97 Å². The van der Waals surface area contributed by atoms with Gasteiger partial charge in [-0.3, -0.25) is 0 Å². The Labute approximate surface area is 81.9 Å². The minimum atomic E-state index is -0.987. The van der Waals surface area contributed by atoms with Crippen molar-refractivity contribution < 1.29 is 14.6 Å². The molecule has 0 fully saturated rings. The quantitative estimate of drug-likeness (QED) is 0.738. The van der Waals surface area contributed by atoms with Crippen molar-refractivity contribution in [1.29, 1.82) is 0 Å². The maximum Gasteiger partial charge on any atom is 0.335 e. The number of nitrogens with zero attached hydrogens (tertiary/aromatic N) is 1. The number of hydrogen-bond acceptors (Lipinski definition) is 3. The molecular formula is C10H11NO3. The van der Waals surface area contributed by atoms with Crippen LogP contribution in [-0.4, -0.2) is 22.7 Å². The zero-order valence-electron chi connectivity index (χ0n) is 7.86. The van der Waals surface area contributed by atoms with E-state index < -0.39 is 5.97 Å². The molecule has 1 rings (SSSR count). The molecule has 4 heteroatoms. The summed E-state index contributed by atoms with van der Waals surface area (Å²) in [6.07, 6.45) is 1.57. The van der Waals surface area contributed by atoms with Gasteiger partial charge in [-0.15, -0.1) is 0 Å². The molecular weight excluding hydrogens is 182 g/mol. The first-order valence-corrected chi connectivity index (χ1v) is 4.09. The molecule has 0 aliphatic rings. The molecule has 0 radical (unpaired) electrons. The van der Waals surface area contributed by atoms with E-state index in [1.807, 2.05) is 0 Å². The van der Waals surface area contributed by atoms with Gasteiger partial charge in [-0.05, 0) is 13.0 Å². The number of aromatic nitrogens is 1. The topological polar surface area (TPSA) is 59.4 Å². The summed E-state index contributed by atoms with van der Waals surface area (Å²) in [4.78, 5) is 14.7. The number of ether oxygens (including phenoxy) is 1. The van der Waals surface area contributed by atoms with Crippen molar-refractivity contribution in [2.75, 3.05) is 6.61 Å². The number of carbonyl (C=O) groups is 1. The van der Waals surface area contributed by atoms with Crippen LogP contribution in [0.3, 0.4) is 0 Å². The van der Waals surface area contributed by atoms with Crippen LogP contribution in [0.25, 0.3) is 0 Å². The molecule has 1 heterocycles. The fourth-order valence-electron chi connectivity index (χ4n) is 0.980. The van der Waals surface area contributed by atoms with Gasteiger partial charge in [-0.1, -0.05) is 12.7 Å². The number of pyridine rings is 1. The summed E-state index contributed by atoms with van der Waals surface area (Å²) < 4.78 is 5.13. The lowest BCUT2D eigenvalue weighted by Gasteiger charge is -2.04. The number of carboxylic acids is 1. The fraction of sp³-hybridized carbons (Fsp3) is 0.200. The average Bonchev–Trinajstić information content (AvgIpc) is 2.14. The third kappa shape index (κ3) is 2.58. The van der Waals surface area contributed by atoms with Crippen molar-refractivity contribution in [3.63, 3.8) is 0 Å². The molecule has 0 aromatic carbocycles. The van der Waals surface area contributed by atoms with Crippen LogP contribution in [0.1, 0.15) is 16.1 Å². The summed E-state index contributed by atoms with van der Waals surface area (Å²) in [6.45, 7) is 5.52. The van der Waals surface area contributed by atoms with E-state index in [-0.39, 0.29) is 5.56 Å². The van der Waals surface area contributed by atoms with E-state index in [0.29, 0.717) is 18.2 Å². The molecule has 0 atom stereocenters. The second-order valence-electron chi connectivity index (χ2n) is 2.74. The fourth-order valence-corrected chi connectivity index (χ4v) is 0.980. The molecule has 1 aromatic rings. The standard InChI is InChI=1S/C10H11NO3/c1-3-4-14-9-6-8(10(12)13)5-7(2)11-9/h3,5-6H,1,4H2,2H3,(H,12,13). The third-order valence-electron chi connectivity index (χ3n) is 1.53. The van der Waals surface area contributed by atoms with E-state index in [2.05, 4.69) is 11.6 Å². The lowest BCUT2D eigenvalue weighted by molar-refractivity contribution is 0.0696. The van der Waals surface area contributed by atoms with E-state index in [0.717, 1.165) is 0 Å². The highest BCUT2D eigenvalue weighted by Crippen LogP contribution is 2.12. The largest absolute Gasteiger partial charge is 0.478 e. The predicted octanol–water partition coefficient (Wildman–Crippen LogP) is 1.65. The van der Waals surface area contributed by atoms with Crippen LogP contribution >= 0.6 is 0 Å². The minimum Gasteiger partial charge on any atom is -0.478 e. The zero-order valence-corrected chi connectivity index (χ0v) is 7.86. The first-order valence-electron chi connectivity index (χ1n) is 4.09. The van der Waals surface area contributed by atoms with Gasteiger partial charge in [-0.2, -0.15) is 0 Å². The van der Waals surface area contributed by atoms with Crippen LogP contribution in [0.15, 0.2) is 24.8 Å². The van der Waals surface area contributed by atoms with Gasteiger partial charge in [-0.25, -0.2) is 9.78 Å². The van der Waals surface area contributed by atoms with Crippen molar-refractivity contribution in [1.82, 2.24) is 4.98 Å². The molecule has 74 valence electrons. The van der Waals surface area contributed by atoms with E-state index in [4.69, 9.17) is 9.84 Å². The van der Waals surface area contributed by atoms with Crippen LogP contribution in [0, 0.1) is 6.92 Å². The smallest absolute Gasteiger partial charge is 0.335 e. The predicted molar refractivity (Wildman–Crippen MR) is 51.6 cm³/mol. The Morgan fingerprint density at radius 1 is 1.71 bits per heavy atom. The number of carboxylic acid groups (broad SMARTS) is 1. The Kier molecular flexibility index (Phi) is 3.23. The monoisotopic (exact) mass is 193 g/mol. The molecule has 0 spiro atoms. The molecule has 14 heavy (non-hydrogen) atoms. The molecule has 0 aliphatic heterocycles. The lowest BCUT2D eigenvalue weighted by Crippen LogP contribution is -2.02. The molecule has 4 nitrogen and oxygen atoms in total. The number of aryl methyl sites for hydroxylation is 1. The third-order valence-corrected chi connectivity index (χ3v) is 1.53. The molecule has 0 unspecified atom stereocenters. The Balaban J connectivity index is 2.94. The Morgan fingerprint density at radius 2 is 2.43 bits per heavy atom. The lowest BCUT2D eigenvalue weighted by atomic mass is 10.2. The highest BCUT2D eigenvalue weighted by Gasteiger charge is 2.06. The highest BCUT2D eigenvalue weighted by atomic mass is 16.5. The summed E-state index contributed by atoms with van der Waals surface area (Å²) in [5, 5.41) is 8.76. The van der Waals surface area contributed by atoms with E-state index >= 15 is 0 Å². The van der Waals surface area contributed by atoms with Crippen LogP contribution in [0.2, 0.25) is 0 Å². The average molecular weight is 193 g/mol. The first-order chi connectivity index (χ1) is 6.63. The minimum absolute atomic E-state index is 0.177. The Bertz CT molecular complexity index is 360. The maximum atomic E-state index is 10.7. The van der Waals surface area contributed by atoms with Gasteiger partial charge in [0, 0.05) is 11.8 Å². The Morgan fingerprint density at radius 3 is 3.00 bits per heavy atom. The number of rotatable bonds is 4. The summed E-state index contributed by atoms with van der Waals surface area (Å²) in [7, 11) is 0.